The lowest BCUT2D eigenvalue weighted by Crippen LogP contribution is -2.49. The van der Waals surface area contributed by atoms with E-state index in [1.165, 1.54) is 25.9 Å². The lowest BCUT2D eigenvalue weighted by atomic mass is 9.85. The van der Waals surface area contributed by atoms with Crippen molar-refractivity contribution < 1.29 is 4.79 Å². The van der Waals surface area contributed by atoms with Crippen LogP contribution >= 0.6 is 0 Å². The highest BCUT2D eigenvalue weighted by Gasteiger charge is 2.33. The van der Waals surface area contributed by atoms with E-state index in [2.05, 4.69) is 10.2 Å². The Kier molecular flexibility index (Phi) is 4.08. The Labute approximate surface area is 116 Å². The van der Waals surface area contributed by atoms with Crippen LogP contribution in [-0.2, 0) is 4.79 Å². The Morgan fingerprint density at radius 3 is 2.79 bits per heavy atom. The summed E-state index contributed by atoms with van der Waals surface area (Å²) in [6.45, 7) is 2.43. The summed E-state index contributed by atoms with van der Waals surface area (Å²) in [5, 5.41) is 3.30. The van der Waals surface area contributed by atoms with E-state index >= 15 is 0 Å². The summed E-state index contributed by atoms with van der Waals surface area (Å²) in [5.74, 6) is 0.442. The molecule has 0 aromatic heterocycles. The minimum Gasteiger partial charge on any atom is -0.353 e. The third-order valence-corrected chi connectivity index (χ3v) is 5.25. The first-order chi connectivity index (χ1) is 9.22. The first-order valence-corrected chi connectivity index (χ1v) is 8.02. The van der Waals surface area contributed by atoms with E-state index in [9.17, 15) is 4.79 Å². The molecule has 3 aliphatic rings. The fourth-order valence-corrected chi connectivity index (χ4v) is 4.14. The normalized spacial score (nSPS) is 39.8. The van der Waals surface area contributed by atoms with Crippen molar-refractivity contribution in [2.24, 2.45) is 11.7 Å². The van der Waals surface area contributed by atoms with Gasteiger partial charge < -0.3 is 16.0 Å². The zero-order chi connectivity index (χ0) is 13.2. The van der Waals surface area contributed by atoms with Crippen molar-refractivity contribution in [1.29, 1.82) is 0 Å². The molecule has 3 N–H and O–H groups in total. The van der Waals surface area contributed by atoms with Gasteiger partial charge in [0.25, 0.3) is 0 Å². The van der Waals surface area contributed by atoms with Gasteiger partial charge >= 0.3 is 0 Å². The van der Waals surface area contributed by atoms with Crippen LogP contribution in [0, 0.1) is 5.92 Å². The molecular formula is C15H27N3O. The molecule has 4 atom stereocenters. The fraction of sp³-hybridized carbons (Fsp3) is 0.933. The number of carbonyl (C=O) groups is 1. The van der Waals surface area contributed by atoms with Gasteiger partial charge in [-0.2, -0.15) is 0 Å². The van der Waals surface area contributed by atoms with Crippen LogP contribution in [0.5, 0.6) is 0 Å². The van der Waals surface area contributed by atoms with Crippen LogP contribution in [0.3, 0.4) is 0 Å². The van der Waals surface area contributed by atoms with Gasteiger partial charge in [-0.1, -0.05) is 6.42 Å². The molecule has 4 nitrogen and oxygen atoms in total. The molecular weight excluding hydrogens is 238 g/mol. The number of amides is 1. The summed E-state index contributed by atoms with van der Waals surface area (Å²) >= 11 is 0. The average molecular weight is 265 g/mol. The minimum atomic E-state index is 0.172. The molecule has 0 spiro atoms. The summed E-state index contributed by atoms with van der Waals surface area (Å²) in [7, 11) is 0. The van der Waals surface area contributed by atoms with Crippen LogP contribution in [0.4, 0.5) is 0 Å². The molecule has 4 heteroatoms. The summed E-state index contributed by atoms with van der Waals surface area (Å²) < 4.78 is 0. The monoisotopic (exact) mass is 265 g/mol. The second-order valence-electron chi connectivity index (χ2n) is 6.69. The Balaban J connectivity index is 1.49. The van der Waals surface area contributed by atoms with Crippen LogP contribution in [0.2, 0.25) is 0 Å². The second-order valence-corrected chi connectivity index (χ2v) is 6.69. The average Bonchev–Trinajstić information content (AvgIpc) is 2.86. The predicted molar refractivity (Wildman–Crippen MR) is 75.7 cm³/mol. The highest BCUT2D eigenvalue weighted by atomic mass is 16.1. The number of carbonyl (C=O) groups excluding carboxylic acids is 1. The number of hydrogen-bond donors (Lipinski definition) is 2. The molecule has 1 amide bonds. The topological polar surface area (TPSA) is 58.4 Å². The van der Waals surface area contributed by atoms with Crippen LogP contribution in [-0.4, -0.2) is 42.0 Å². The number of nitrogens with two attached hydrogens (primary N) is 1. The number of rotatable bonds is 2. The molecule has 0 aromatic rings. The maximum atomic E-state index is 12.3. The molecule has 0 aromatic carbocycles. The highest BCUT2D eigenvalue weighted by Crippen LogP contribution is 2.28. The van der Waals surface area contributed by atoms with E-state index in [1.807, 2.05) is 0 Å². The van der Waals surface area contributed by atoms with Crippen LogP contribution in [0.1, 0.15) is 51.4 Å². The Bertz CT molecular complexity index is 333. The number of nitrogens with one attached hydrogen (secondary N) is 1. The molecule has 3 fully saturated rings. The number of fused-ring (bicyclic) bond motifs is 1. The second kappa shape index (κ2) is 5.80. The lowest BCUT2D eigenvalue weighted by Gasteiger charge is -2.36. The standard InChI is InChI=1S/C15H27N3O/c16-12-4-1-3-11(9-12)15(19)17-13-6-8-18-7-2-5-14(18)10-13/h11-14H,1-10,16H2,(H,17,19). The van der Waals surface area contributed by atoms with Crippen molar-refractivity contribution in [2.45, 2.75) is 69.5 Å². The third kappa shape index (κ3) is 3.11. The van der Waals surface area contributed by atoms with E-state index in [4.69, 9.17) is 5.73 Å². The molecule has 0 radical (unpaired) electrons. The zero-order valence-electron chi connectivity index (χ0n) is 11.8. The van der Waals surface area contributed by atoms with Crippen molar-refractivity contribution >= 4 is 5.91 Å². The molecule has 0 bridgehead atoms. The molecule has 4 unspecified atom stereocenters. The van der Waals surface area contributed by atoms with Crippen LogP contribution in [0.15, 0.2) is 0 Å². The SMILES string of the molecule is NC1CCCC(C(=O)NC2CCN3CCCC3C2)C1. The Hall–Kier alpha value is -0.610. The number of hydrogen-bond acceptors (Lipinski definition) is 3. The fourth-order valence-electron chi connectivity index (χ4n) is 4.14. The molecule has 2 saturated heterocycles. The smallest absolute Gasteiger partial charge is 0.223 e. The van der Waals surface area contributed by atoms with Crippen LogP contribution < -0.4 is 11.1 Å². The molecule has 108 valence electrons. The first kappa shape index (κ1) is 13.4. The highest BCUT2D eigenvalue weighted by molar-refractivity contribution is 5.79. The molecule has 1 aliphatic carbocycles. The summed E-state index contributed by atoms with van der Waals surface area (Å²) in [5.41, 5.74) is 5.98. The van der Waals surface area contributed by atoms with Crippen molar-refractivity contribution in [1.82, 2.24) is 10.2 Å². The summed E-state index contributed by atoms with van der Waals surface area (Å²) in [6, 6.07) is 1.37. The van der Waals surface area contributed by atoms with Crippen molar-refractivity contribution in [3.63, 3.8) is 0 Å². The van der Waals surface area contributed by atoms with Gasteiger partial charge in [-0.15, -0.1) is 0 Å². The molecule has 3 rings (SSSR count). The Morgan fingerprint density at radius 1 is 1.05 bits per heavy atom. The molecule has 2 heterocycles. The third-order valence-electron chi connectivity index (χ3n) is 5.25. The summed E-state index contributed by atoms with van der Waals surface area (Å²) in [4.78, 5) is 14.9. The van der Waals surface area contributed by atoms with Crippen molar-refractivity contribution in [3.05, 3.63) is 0 Å². The summed E-state index contributed by atoms with van der Waals surface area (Å²) in [6.07, 6.45) is 9.05. The zero-order valence-corrected chi connectivity index (χ0v) is 11.8. The van der Waals surface area contributed by atoms with Gasteiger partial charge in [-0.25, -0.2) is 0 Å². The van der Waals surface area contributed by atoms with Crippen molar-refractivity contribution in [2.75, 3.05) is 13.1 Å². The van der Waals surface area contributed by atoms with E-state index in [0.29, 0.717) is 6.04 Å². The van der Waals surface area contributed by atoms with Crippen LogP contribution in [0.25, 0.3) is 0 Å². The van der Waals surface area contributed by atoms with Gasteiger partial charge in [0, 0.05) is 30.6 Å². The maximum Gasteiger partial charge on any atom is 0.223 e. The van der Waals surface area contributed by atoms with Gasteiger partial charge in [0.15, 0.2) is 0 Å². The minimum absolute atomic E-state index is 0.172. The van der Waals surface area contributed by atoms with Crippen molar-refractivity contribution in [3.8, 4) is 0 Å². The predicted octanol–water partition coefficient (Wildman–Crippen LogP) is 1.25. The van der Waals surface area contributed by atoms with E-state index in [-0.39, 0.29) is 17.9 Å². The first-order valence-electron chi connectivity index (χ1n) is 8.02. The number of piperidine rings is 1. The van der Waals surface area contributed by atoms with Gasteiger partial charge in [0.2, 0.25) is 5.91 Å². The van der Waals surface area contributed by atoms with Gasteiger partial charge in [-0.3, -0.25) is 4.79 Å². The quantitative estimate of drug-likeness (QED) is 0.790. The largest absolute Gasteiger partial charge is 0.353 e. The van der Waals surface area contributed by atoms with Gasteiger partial charge in [0.05, 0.1) is 0 Å². The van der Waals surface area contributed by atoms with E-state index in [0.717, 1.165) is 44.6 Å². The van der Waals surface area contributed by atoms with Gasteiger partial charge in [-0.05, 0) is 51.5 Å². The van der Waals surface area contributed by atoms with E-state index < -0.39 is 0 Å². The molecule has 19 heavy (non-hydrogen) atoms. The number of nitrogens with zero attached hydrogens (tertiary/aromatic N) is 1. The molecule has 1 saturated carbocycles. The molecule has 2 aliphatic heterocycles. The van der Waals surface area contributed by atoms with E-state index in [1.54, 1.807) is 0 Å². The lowest BCUT2D eigenvalue weighted by molar-refractivity contribution is -0.127. The maximum absolute atomic E-state index is 12.3. The van der Waals surface area contributed by atoms with Gasteiger partial charge in [0.1, 0.15) is 0 Å². The Morgan fingerprint density at radius 2 is 1.95 bits per heavy atom.